The van der Waals surface area contributed by atoms with Crippen molar-refractivity contribution < 1.29 is 14.3 Å². The summed E-state index contributed by atoms with van der Waals surface area (Å²) in [5.74, 6) is 1.64. The van der Waals surface area contributed by atoms with E-state index in [4.69, 9.17) is 9.47 Å². The van der Waals surface area contributed by atoms with Gasteiger partial charge in [-0.15, -0.1) is 0 Å². The summed E-state index contributed by atoms with van der Waals surface area (Å²) in [5.41, 5.74) is 2.15. The molecule has 5 nitrogen and oxygen atoms in total. The first-order chi connectivity index (χ1) is 12.4. The molecular weight excluding hydrogens is 396 g/mol. The fourth-order valence-electron chi connectivity index (χ4n) is 2.54. The second-order valence-corrected chi connectivity index (χ2v) is 6.95. The number of rotatable bonds is 8. The van der Waals surface area contributed by atoms with Crippen LogP contribution in [0.4, 0.5) is 0 Å². The molecule has 2 rings (SSSR count). The quantitative estimate of drug-likeness (QED) is 0.705. The number of nitrogens with one attached hydrogen (secondary N) is 1. The number of hydrogen-bond donors (Lipinski definition) is 1. The first kappa shape index (κ1) is 20.3. The summed E-state index contributed by atoms with van der Waals surface area (Å²) >= 11 is 3.49. The molecule has 1 N–H and O–H groups in total. The van der Waals surface area contributed by atoms with E-state index < -0.39 is 0 Å². The normalized spacial score (nSPS) is 11.7. The number of hydrogen-bond acceptors (Lipinski definition) is 4. The maximum atomic E-state index is 12.4. The van der Waals surface area contributed by atoms with Crippen LogP contribution < -0.4 is 14.8 Å². The van der Waals surface area contributed by atoms with E-state index in [-0.39, 0.29) is 18.5 Å². The Bertz CT molecular complexity index is 734. The number of ether oxygens (including phenoxy) is 2. The van der Waals surface area contributed by atoms with Crippen molar-refractivity contribution in [3.8, 4) is 11.5 Å². The van der Waals surface area contributed by atoms with E-state index in [1.807, 2.05) is 56.4 Å². The van der Waals surface area contributed by atoms with Gasteiger partial charge in [-0.1, -0.05) is 18.2 Å². The van der Waals surface area contributed by atoms with Crippen molar-refractivity contribution in [2.75, 3.05) is 27.8 Å². The van der Waals surface area contributed by atoms with Crippen LogP contribution in [0, 0.1) is 0 Å². The largest absolute Gasteiger partial charge is 0.497 e. The van der Waals surface area contributed by atoms with Gasteiger partial charge in [-0.2, -0.15) is 0 Å². The molecule has 0 aromatic heterocycles. The predicted octanol–water partition coefficient (Wildman–Crippen LogP) is 3.78. The van der Waals surface area contributed by atoms with Crippen molar-refractivity contribution in [1.29, 1.82) is 0 Å². The average Bonchev–Trinajstić information content (AvgIpc) is 2.66. The van der Waals surface area contributed by atoms with Crippen molar-refractivity contribution >= 4 is 21.8 Å². The lowest BCUT2D eigenvalue weighted by Crippen LogP contribution is -2.36. The van der Waals surface area contributed by atoms with Gasteiger partial charge in [0.25, 0.3) is 0 Å². The molecule has 0 fully saturated rings. The first-order valence-corrected chi connectivity index (χ1v) is 9.17. The van der Waals surface area contributed by atoms with Crippen LogP contribution in [0.25, 0.3) is 0 Å². The molecule has 0 bridgehead atoms. The van der Waals surface area contributed by atoms with Gasteiger partial charge in [0.2, 0.25) is 5.91 Å². The van der Waals surface area contributed by atoms with Gasteiger partial charge < -0.3 is 19.7 Å². The number of carbonyl (C=O) groups is 1. The zero-order valence-electron chi connectivity index (χ0n) is 15.6. The number of likely N-dealkylation sites (N-methyl/N-ethyl adjacent to an activating group) is 1. The zero-order valence-corrected chi connectivity index (χ0v) is 17.2. The van der Waals surface area contributed by atoms with Crippen molar-refractivity contribution in [3.63, 3.8) is 0 Å². The van der Waals surface area contributed by atoms with Crippen molar-refractivity contribution in [2.45, 2.75) is 19.5 Å². The van der Waals surface area contributed by atoms with E-state index in [9.17, 15) is 4.79 Å². The Morgan fingerprint density at radius 1 is 1.15 bits per heavy atom. The van der Waals surface area contributed by atoms with Crippen LogP contribution in [0.5, 0.6) is 11.5 Å². The van der Waals surface area contributed by atoms with Crippen LogP contribution in [-0.2, 0) is 11.3 Å². The van der Waals surface area contributed by atoms with E-state index in [1.54, 1.807) is 19.1 Å². The van der Waals surface area contributed by atoms with Crippen LogP contribution in [0.1, 0.15) is 24.1 Å². The second kappa shape index (κ2) is 9.59. The lowest BCUT2D eigenvalue weighted by Gasteiger charge is -2.20. The Morgan fingerprint density at radius 3 is 2.42 bits per heavy atom. The predicted molar refractivity (Wildman–Crippen MR) is 107 cm³/mol. The Morgan fingerprint density at radius 2 is 1.85 bits per heavy atom. The smallest absolute Gasteiger partial charge is 0.236 e. The maximum absolute atomic E-state index is 12.4. The van der Waals surface area contributed by atoms with Gasteiger partial charge in [0, 0.05) is 19.6 Å². The molecule has 2 aromatic rings. The van der Waals surface area contributed by atoms with Crippen LogP contribution in [0.3, 0.4) is 0 Å². The summed E-state index contributed by atoms with van der Waals surface area (Å²) in [6, 6.07) is 13.7. The molecule has 0 saturated heterocycles. The number of halogens is 1. The number of carbonyl (C=O) groups excluding carboxylic acids is 1. The lowest BCUT2D eigenvalue weighted by atomic mass is 10.1. The monoisotopic (exact) mass is 420 g/mol. The van der Waals surface area contributed by atoms with Crippen molar-refractivity contribution in [3.05, 3.63) is 58.1 Å². The summed E-state index contributed by atoms with van der Waals surface area (Å²) in [4.78, 5) is 14.1. The molecule has 0 aliphatic carbocycles. The van der Waals surface area contributed by atoms with Gasteiger partial charge in [0.15, 0.2) is 0 Å². The van der Waals surface area contributed by atoms with Gasteiger partial charge in [-0.25, -0.2) is 0 Å². The highest BCUT2D eigenvalue weighted by atomic mass is 79.9. The summed E-state index contributed by atoms with van der Waals surface area (Å²) in [6.07, 6.45) is 0. The number of nitrogens with zero attached hydrogens (tertiary/aromatic N) is 1. The second-order valence-electron chi connectivity index (χ2n) is 6.09. The summed E-state index contributed by atoms with van der Waals surface area (Å²) < 4.78 is 11.3. The standard InChI is InChI=1S/C20H25BrN2O3/c1-14(16-7-10-19(26-4)18(21)11-16)22-12-20(24)23(2)13-15-5-8-17(25-3)9-6-15/h5-11,14,22H,12-13H2,1-4H3. The Kier molecular flexibility index (Phi) is 7.48. The Labute approximate surface area is 163 Å². The third kappa shape index (κ3) is 5.47. The molecule has 1 amide bonds. The minimum Gasteiger partial charge on any atom is -0.497 e. The van der Waals surface area contributed by atoms with Gasteiger partial charge in [0.1, 0.15) is 11.5 Å². The third-order valence-electron chi connectivity index (χ3n) is 4.24. The van der Waals surface area contributed by atoms with Crippen LogP contribution in [-0.4, -0.2) is 38.6 Å². The van der Waals surface area contributed by atoms with Crippen LogP contribution in [0.15, 0.2) is 46.9 Å². The lowest BCUT2D eigenvalue weighted by molar-refractivity contribution is -0.129. The van der Waals surface area contributed by atoms with Crippen molar-refractivity contribution in [2.24, 2.45) is 0 Å². The minimum absolute atomic E-state index is 0.0419. The zero-order chi connectivity index (χ0) is 19.1. The molecule has 0 heterocycles. The van der Waals surface area contributed by atoms with Gasteiger partial charge >= 0.3 is 0 Å². The Hall–Kier alpha value is -2.05. The maximum Gasteiger partial charge on any atom is 0.236 e. The molecule has 0 aliphatic rings. The molecule has 2 aromatic carbocycles. The molecule has 140 valence electrons. The van der Waals surface area contributed by atoms with Crippen LogP contribution >= 0.6 is 15.9 Å². The van der Waals surface area contributed by atoms with E-state index in [2.05, 4.69) is 21.2 Å². The van der Waals surface area contributed by atoms with E-state index in [0.717, 1.165) is 27.1 Å². The fourth-order valence-corrected chi connectivity index (χ4v) is 3.10. The Balaban J connectivity index is 1.87. The van der Waals surface area contributed by atoms with Crippen molar-refractivity contribution in [1.82, 2.24) is 10.2 Å². The number of amides is 1. The van der Waals surface area contributed by atoms with Crippen LogP contribution in [0.2, 0.25) is 0 Å². The molecule has 0 radical (unpaired) electrons. The molecule has 0 spiro atoms. The van der Waals surface area contributed by atoms with Gasteiger partial charge in [-0.3, -0.25) is 4.79 Å². The summed E-state index contributed by atoms with van der Waals surface area (Å²) in [7, 11) is 5.08. The highest BCUT2D eigenvalue weighted by Gasteiger charge is 2.13. The summed E-state index contributed by atoms with van der Waals surface area (Å²) in [6.45, 7) is 2.87. The highest BCUT2D eigenvalue weighted by molar-refractivity contribution is 9.10. The highest BCUT2D eigenvalue weighted by Crippen LogP contribution is 2.27. The topological polar surface area (TPSA) is 50.8 Å². The van der Waals surface area contributed by atoms with E-state index in [0.29, 0.717) is 6.54 Å². The van der Waals surface area contributed by atoms with E-state index >= 15 is 0 Å². The SMILES string of the molecule is COc1ccc(CN(C)C(=O)CNC(C)c2ccc(OC)c(Br)c2)cc1. The molecule has 1 atom stereocenters. The summed E-state index contributed by atoms with van der Waals surface area (Å²) in [5, 5.41) is 3.28. The van der Waals surface area contributed by atoms with Gasteiger partial charge in [0.05, 0.1) is 25.2 Å². The number of methoxy groups -OCH3 is 2. The number of benzene rings is 2. The molecule has 1 unspecified atom stereocenters. The van der Waals surface area contributed by atoms with E-state index in [1.165, 1.54) is 0 Å². The third-order valence-corrected chi connectivity index (χ3v) is 4.86. The minimum atomic E-state index is 0.0419. The fraction of sp³-hybridized carbons (Fsp3) is 0.350. The molecule has 0 saturated carbocycles. The molecule has 26 heavy (non-hydrogen) atoms. The molecule has 0 aliphatic heterocycles. The molecule has 6 heteroatoms. The molecular formula is C20H25BrN2O3. The average molecular weight is 421 g/mol. The first-order valence-electron chi connectivity index (χ1n) is 8.38. The van der Waals surface area contributed by atoms with Gasteiger partial charge in [-0.05, 0) is 58.2 Å².